The number of hydrogen-bond donors (Lipinski definition) is 2. The first kappa shape index (κ1) is 12.0. The molecule has 0 fully saturated rings. The highest BCUT2D eigenvalue weighted by Crippen LogP contribution is 2.24. The van der Waals surface area contributed by atoms with Crippen LogP contribution in [0.2, 0.25) is 5.02 Å². The second-order valence-corrected chi connectivity index (χ2v) is 4.83. The second kappa shape index (κ2) is 4.90. The molecule has 0 amide bonds. The van der Waals surface area contributed by atoms with Crippen molar-refractivity contribution < 1.29 is 0 Å². The van der Waals surface area contributed by atoms with Crippen LogP contribution < -0.4 is 5.73 Å². The Kier molecular flexibility index (Phi) is 3.09. The van der Waals surface area contributed by atoms with Crippen LogP contribution in [-0.4, -0.2) is 15.0 Å². The minimum atomic E-state index is 0.600. The van der Waals surface area contributed by atoms with E-state index in [1.54, 1.807) is 12.3 Å². The molecule has 5 heteroatoms. The molecule has 3 N–H and O–H groups in total. The summed E-state index contributed by atoms with van der Waals surface area (Å²) in [6, 6.07) is 9.46. The maximum atomic E-state index is 5.97. The van der Waals surface area contributed by atoms with Gasteiger partial charge >= 0.3 is 0 Å². The van der Waals surface area contributed by atoms with Gasteiger partial charge in [-0.05, 0) is 30.7 Å². The summed E-state index contributed by atoms with van der Waals surface area (Å²) in [4.78, 5) is 12.0. The molecule has 0 saturated heterocycles. The van der Waals surface area contributed by atoms with Crippen LogP contribution in [0.4, 0.5) is 5.69 Å². The number of nitrogen functional groups attached to an aromatic ring is 1. The summed E-state index contributed by atoms with van der Waals surface area (Å²) in [5, 5.41) is 0.616. The van der Waals surface area contributed by atoms with Gasteiger partial charge in [0, 0.05) is 23.3 Å². The Morgan fingerprint density at radius 3 is 2.89 bits per heavy atom. The lowest BCUT2D eigenvalue weighted by Gasteiger charge is -1.96. The van der Waals surface area contributed by atoms with Crippen molar-refractivity contribution in [2.24, 2.45) is 0 Å². The lowest BCUT2D eigenvalue weighted by Crippen LogP contribution is -1.95. The molecule has 3 aromatic rings. The Hall–Kier alpha value is -2.07. The Labute approximate surface area is 115 Å². The van der Waals surface area contributed by atoms with E-state index in [0.29, 0.717) is 10.7 Å². The molecule has 0 radical (unpaired) electrons. The summed E-state index contributed by atoms with van der Waals surface area (Å²) in [6.45, 7) is 0. The van der Waals surface area contributed by atoms with Crippen molar-refractivity contribution in [2.75, 3.05) is 5.73 Å². The summed E-state index contributed by atoms with van der Waals surface area (Å²) >= 11 is 5.97. The fourth-order valence-electron chi connectivity index (χ4n) is 2.07. The molecule has 0 aliphatic carbocycles. The molecule has 96 valence electrons. The van der Waals surface area contributed by atoms with Crippen LogP contribution in [0.5, 0.6) is 0 Å². The monoisotopic (exact) mass is 272 g/mol. The van der Waals surface area contributed by atoms with E-state index in [-0.39, 0.29) is 0 Å². The Morgan fingerprint density at radius 2 is 2.11 bits per heavy atom. The predicted molar refractivity (Wildman–Crippen MR) is 77.2 cm³/mol. The van der Waals surface area contributed by atoms with E-state index >= 15 is 0 Å². The quantitative estimate of drug-likeness (QED) is 0.720. The molecule has 4 nitrogen and oxygen atoms in total. The zero-order valence-corrected chi connectivity index (χ0v) is 11.0. The van der Waals surface area contributed by atoms with Crippen molar-refractivity contribution in [1.82, 2.24) is 15.0 Å². The van der Waals surface area contributed by atoms with Crippen molar-refractivity contribution in [2.45, 2.75) is 12.8 Å². The third-order valence-electron chi connectivity index (χ3n) is 2.97. The van der Waals surface area contributed by atoms with Gasteiger partial charge in [0.15, 0.2) is 0 Å². The van der Waals surface area contributed by atoms with Crippen molar-refractivity contribution in [3.63, 3.8) is 0 Å². The van der Waals surface area contributed by atoms with Crippen molar-refractivity contribution >= 4 is 28.3 Å². The second-order valence-electron chi connectivity index (χ2n) is 4.40. The molecule has 0 spiro atoms. The van der Waals surface area contributed by atoms with E-state index in [2.05, 4.69) is 15.0 Å². The number of nitrogens with one attached hydrogen (secondary N) is 1. The largest absolute Gasteiger partial charge is 0.397 e. The number of nitrogens with zero attached hydrogens (tertiary/aromatic N) is 2. The SMILES string of the molecule is Nc1cc(Cl)cc2[nH]c(CCc3ccccn3)nc12. The molecule has 3 rings (SSSR count). The first-order valence-corrected chi connectivity index (χ1v) is 6.44. The Morgan fingerprint density at radius 1 is 1.21 bits per heavy atom. The minimum Gasteiger partial charge on any atom is -0.397 e. The summed E-state index contributed by atoms with van der Waals surface area (Å²) < 4.78 is 0. The fourth-order valence-corrected chi connectivity index (χ4v) is 2.30. The van der Waals surface area contributed by atoms with Gasteiger partial charge in [0.1, 0.15) is 11.3 Å². The van der Waals surface area contributed by atoms with Gasteiger partial charge in [-0.25, -0.2) is 4.98 Å². The molecule has 0 aliphatic rings. The van der Waals surface area contributed by atoms with E-state index < -0.39 is 0 Å². The highest BCUT2D eigenvalue weighted by Gasteiger charge is 2.07. The first-order valence-electron chi connectivity index (χ1n) is 6.06. The topological polar surface area (TPSA) is 67.6 Å². The maximum Gasteiger partial charge on any atom is 0.112 e. The number of fused-ring (bicyclic) bond motifs is 1. The third-order valence-corrected chi connectivity index (χ3v) is 3.19. The number of rotatable bonds is 3. The van der Waals surface area contributed by atoms with Crippen molar-refractivity contribution in [3.8, 4) is 0 Å². The van der Waals surface area contributed by atoms with E-state index in [4.69, 9.17) is 17.3 Å². The zero-order valence-electron chi connectivity index (χ0n) is 10.2. The Balaban J connectivity index is 1.84. The molecule has 0 atom stereocenters. The van der Waals surface area contributed by atoms with Crippen molar-refractivity contribution in [1.29, 1.82) is 0 Å². The fraction of sp³-hybridized carbons (Fsp3) is 0.143. The first-order chi connectivity index (χ1) is 9.22. The molecule has 0 saturated carbocycles. The van der Waals surface area contributed by atoms with E-state index in [9.17, 15) is 0 Å². The van der Waals surface area contributed by atoms with Gasteiger partial charge in [0.2, 0.25) is 0 Å². The molecule has 1 aromatic carbocycles. The van der Waals surface area contributed by atoms with Crippen LogP contribution in [0.1, 0.15) is 11.5 Å². The molecular formula is C14H13ClN4. The lowest BCUT2D eigenvalue weighted by atomic mass is 10.2. The standard InChI is InChI=1S/C14H13ClN4/c15-9-7-11(16)14-12(8-9)18-13(19-14)5-4-10-3-1-2-6-17-10/h1-3,6-8H,4-5,16H2,(H,18,19). The van der Waals surface area contributed by atoms with E-state index in [1.807, 2.05) is 24.3 Å². The molecule has 0 bridgehead atoms. The molecule has 0 unspecified atom stereocenters. The molecule has 19 heavy (non-hydrogen) atoms. The highest BCUT2D eigenvalue weighted by atomic mass is 35.5. The van der Waals surface area contributed by atoms with Crippen molar-refractivity contribution in [3.05, 3.63) is 53.1 Å². The number of nitrogens with two attached hydrogens (primary N) is 1. The van der Waals surface area contributed by atoms with Crippen LogP contribution in [0.25, 0.3) is 11.0 Å². The number of benzene rings is 1. The van der Waals surface area contributed by atoms with Gasteiger partial charge < -0.3 is 10.7 Å². The molecule has 2 aromatic heterocycles. The van der Waals surface area contributed by atoms with E-state index in [0.717, 1.165) is 35.4 Å². The van der Waals surface area contributed by atoms with Gasteiger partial charge in [0.05, 0.1) is 11.2 Å². The number of imidazole rings is 1. The van der Waals surface area contributed by atoms with Crippen LogP contribution in [0, 0.1) is 0 Å². The number of pyridine rings is 1. The molecule has 0 aliphatic heterocycles. The van der Waals surface area contributed by atoms with E-state index in [1.165, 1.54) is 0 Å². The summed E-state index contributed by atoms with van der Waals surface area (Å²) in [7, 11) is 0. The molecule has 2 heterocycles. The maximum absolute atomic E-state index is 5.97. The average Bonchev–Trinajstić information content (AvgIpc) is 2.81. The number of anilines is 1. The minimum absolute atomic E-state index is 0.600. The normalized spacial score (nSPS) is 11.0. The number of halogens is 1. The Bertz CT molecular complexity index is 706. The summed E-state index contributed by atoms with van der Waals surface area (Å²) in [6.07, 6.45) is 3.43. The van der Waals surface area contributed by atoms with Gasteiger partial charge in [-0.1, -0.05) is 17.7 Å². The van der Waals surface area contributed by atoms with Gasteiger partial charge in [-0.3, -0.25) is 4.98 Å². The summed E-state index contributed by atoms with van der Waals surface area (Å²) in [5.41, 5.74) is 9.20. The highest BCUT2D eigenvalue weighted by molar-refractivity contribution is 6.31. The number of aromatic nitrogens is 3. The zero-order chi connectivity index (χ0) is 13.2. The number of hydrogen-bond acceptors (Lipinski definition) is 3. The smallest absolute Gasteiger partial charge is 0.112 e. The lowest BCUT2D eigenvalue weighted by molar-refractivity contribution is 0.861. The van der Waals surface area contributed by atoms with Gasteiger partial charge in [-0.15, -0.1) is 0 Å². The van der Waals surface area contributed by atoms with Gasteiger partial charge in [-0.2, -0.15) is 0 Å². The van der Waals surface area contributed by atoms with Crippen LogP contribution in [0.3, 0.4) is 0 Å². The van der Waals surface area contributed by atoms with Gasteiger partial charge in [0.25, 0.3) is 0 Å². The average molecular weight is 273 g/mol. The number of H-pyrrole nitrogens is 1. The summed E-state index contributed by atoms with van der Waals surface area (Å²) in [5.74, 6) is 0.898. The van der Waals surface area contributed by atoms with Crippen LogP contribution >= 0.6 is 11.6 Å². The third kappa shape index (κ3) is 2.53. The molecular weight excluding hydrogens is 260 g/mol. The van der Waals surface area contributed by atoms with Crippen LogP contribution in [0.15, 0.2) is 36.5 Å². The number of aromatic amines is 1. The predicted octanol–water partition coefficient (Wildman–Crippen LogP) is 2.98. The van der Waals surface area contributed by atoms with Crippen LogP contribution in [-0.2, 0) is 12.8 Å². The number of aryl methyl sites for hydroxylation is 2.